The number of para-hydroxylation sites is 1. The molecule has 0 amide bonds. The van der Waals surface area contributed by atoms with E-state index >= 15 is 0 Å². The van der Waals surface area contributed by atoms with Gasteiger partial charge in [0.2, 0.25) is 0 Å². The smallest absolute Gasteiger partial charge is 0.185 e. The Kier molecular flexibility index (Phi) is 4.38. The number of fused-ring (bicyclic) bond motifs is 1. The number of aliphatic hydroxyl groups is 1. The lowest BCUT2D eigenvalue weighted by Crippen LogP contribution is -2.35. The minimum atomic E-state index is -0.654. The van der Waals surface area contributed by atoms with Crippen LogP contribution in [0.3, 0.4) is 0 Å². The molecule has 1 unspecified atom stereocenters. The third-order valence-corrected chi connectivity index (χ3v) is 6.73. The van der Waals surface area contributed by atoms with Crippen molar-refractivity contribution in [2.24, 2.45) is 5.41 Å². The van der Waals surface area contributed by atoms with E-state index in [9.17, 15) is 5.11 Å². The van der Waals surface area contributed by atoms with E-state index in [4.69, 9.17) is 0 Å². The first-order chi connectivity index (χ1) is 13.8. The van der Waals surface area contributed by atoms with Gasteiger partial charge in [0.15, 0.2) is 5.13 Å². The van der Waals surface area contributed by atoms with Crippen LogP contribution in [0.1, 0.15) is 29.9 Å². The average molecular weight is 387 g/mol. The van der Waals surface area contributed by atoms with Crippen molar-refractivity contribution in [3.05, 3.63) is 96.1 Å². The Morgan fingerprint density at radius 3 is 1.96 bits per heavy atom. The summed E-state index contributed by atoms with van der Waals surface area (Å²) < 4.78 is 1.13. The minimum absolute atomic E-state index is 0.145. The third kappa shape index (κ3) is 3.09. The second-order valence-electron chi connectivity index (χ2n) is 7.52. The Balaban J connectivity index is 1.49. The van der Waals surface area contributed by atoms with Crippen LogP contribution in [0.25, 0.3) is 10.2 Å². The van der Waals surface area contributed by atoms with Crippen LogP contribution in [0.15, 0.2) is 84.9 Å². The number of thiazole rings is 1. The van der Waals surface area contributed by atoms with Crippen molar-refractivity contribution >= 4 is 26.7 Å². The molecule has 0 saturated heterocycles. The van der Waals surface area contributed by atoms with Crippen molar-refractivity contribution in [1.29, 1.82) is 0 Å². The first-order valence-corrected chi connectivity index (χ1v) is 10.5. The van der Waals surface area contributed by atoms with Crippen molar-refractivity contribution < 1.29 is 5.11 Å². The van der Waals surface area contributed by atoms with E-state index in [1.165, 1.54) is 11.1 Å². The molecule has 3 nitrogen and oxygen atoms in total. The van der Waals surface area contributed by atoms with Gasteiger partial charge in [0.05, 0.1) is 10.2 Å². The molecule has 0 spiro atoms. The van der Waals surface area contributed by atoms with E-state index in [0.29, 0.717) is 0 Å². The maximum Gasteiger partial charge on any atom is 0.185 e. The van der Waals surface area contributed by atoms with Gasteiger partial charge < -0.3 is 10.4 Å². The molecule has 4 aromatic rings. The molecule has 1 fully saturated rings. The molecule has 140 valence electrons. The lowest BCUT2D eigenvalue weighted by atomic mass is 9.77. The van der Waals surface area contributed by atoms with Gasteiger partial charge in [-0.3, -0.25) is 0 Å². The molecule has 1 heterocycles. The van der Waals surface area contributed by atoms with Crippen LogP contribution >= 0.6 is 11.3 Å². The Morgan fingerprint density at radius 2 is 1.39 bits per heavy atom. The van der Waals surface area contributed by atoms with Crippen LogP contribution in [0.5, 0.6) is 0 Å². The van der Waals surface area contributed by atoms with Gasteiger partial charge in [-0.05, 0) is 36.1 Å². The zero-order valence-electron chi connectivity index (χ0n) is 15.5. The number of nitrogens with zero attached hydrogens (tertiary/aromatic N) is 1. The maximum atomic E-state index is 11.3. The zero-order valence-corrected chi connectivity index (χ0v) is 16.3. The summed E-state index contributed by atoms with van der Waals surface area (Å²) >= 11 is 1.59. The average Bonchev–Trinajstić information content (AvgIpc) is 3.43. The van der Waals surface area contributed by atoms with Crippen LogP contribution in [0.2, 0.25) is 0 Å². The van der Waals surface area contributed by atoms with E-state index in [1.807, 2.05) is 30.3 Å². The molecule has 3 aromatic carbocycles. The van der Waals surface area contributed by atoms with Crippen molar-refractivity contribution in [3.8, 4) is 0 Å². The summed E-state index contributed by atoms with van der Waals surface area (Å²) in [4.78, 5) is 4.65. The molecule has 1 aliphatic rings. The van der Waals surface area contributed by atoms with E-state index < -0.39 is 6.23 Å². The molecule has 4 heteroatoms. The number of benzene rings is 3. The molecule has 1 atom stereocenters. The Hall–Kier alpha value is -2.69. The maximum absolute atomic E-state index is 11.3. The molecule has 1 aromatic heterocycles. The molecular weight excluding hydrogens is 364 g/mol. The molecule has 2 N–H and O–H groups in total. The molecule has 0 radical (unpaired) electrons. The molecule has 5 rings (SSSR count). The highest BCUT2D eigenvalue weighted by Gasteiger charge is 2.55. The number of anilines is 1. The quantitative estimate of drug-likeness (QED) is 0.422. The number of aliphatic hydroxyl groups excluding tert-OH is 1. The summed E-state index contributed by atoms with van der Waals surface area (Å²) in [5.41, 5.74) is 3.24. The highest BCUT2D eigenvalue weighted by Crippen LogP contribution is 2.60. The Bertz CT molecular complexity index is 1000. The Morgan fingerprint density at radius 1 is 0.821 bits per heavy atom. The van der Waals surface area contributed by atoms with Gasteiger partial charge in [-0.15, -0.1) is 0 Å². The van der Waals surface area contributed by atoms with Crippen LogP contribution < -0.4 is 5.32 Å². The summed E-state index contributed by atoms with van der Waals surface area (Å²) in [5.74, 6) is 0.145. The second-order valence-corrected chi connectivity index (χ2v) is 8.55. The van der Waals surface area contributed by atoms with Crippen molar-refractivity contribution in [2.45, 2.75) is 25.0 Å². The summed E-state index contributed by atoms with van der Waals surface area (Å²) in [6.07, 6.45) is 1.32. The summed E-state index contributed by atoms with van der Waals surface area (Å²) in [6, 6.07) is 29.2. The fourth-order valence-electron chi connectivity index (χ4n) is 4.21. The van der Waals surface area contributed by atoms with Gasteiger partial charge in [0.1, 0.15) is 6.23 Å². The Labute approximate surface area is 168 Å². The third-order valence-electron chi connectivity index (χ3n) is 5.77. The van der Waals surface area contributed by atoms with Crippen molar-refractivity contribution in [2.75, 3.05) is 5.32 Å². The number of hydrogen-bond acceptors (Lipinski definition) is 4. The standard InChI is InChI=1S/C24H22N2OS/c27-22(26-23-25-19-13-7-8-14-20(19)28-23)24(15-16-24)21(17-9-3-1-4-10-17)18-11-5-2-6-12-18/h1-14,21-22,27H,15-16H2,(H,25,26). The lowest BCUT2D eigenvalue weighted by Gasteiger charge is -2.32. The highest BCUT2D eigenvalue weighted by molar-refractivity contribution is 7.22. The number of aromatic nitrogens is 1. The van der Waals surface area contributed by atoms with Crippen LogP contribution in [-0.2, 0) is 0 Å². The fourth-order valence-corrected chi connectivity index (χ4v) is 5.09. The summed E-state index contributed by atoms with van der Waals surface area (Å²) in [5, 5.41) is 15.4. The number of rotatable bonds is 6. The molecule has 1 saturated carbocycles. The first kappa shape index (κ1) is 17.4. The SMILES string of the molecule is OC(Nc1nc2ccccc2s1)C1(C(c2ccccc2)c2ccccc2)CC1. The summed E-state index contributed by atoms with van der Waals surface area (Å²) in [6.45, 7) is 0. The van der Waals surface area contributed by atoms with Gasteiger partial charge in [-0.1, -0.05) is 84.1 Å². The van der Waals surface area contributed by atoms with Crippen LogP contribution in [0.4, 0.5) is 5.13 Å². The van der Waals surface area contributed by atoms with Gasteiger partial charge >= 0.3 is 0 Å². The van der Waals surface area contributed by atoms with Gasteiger partial charge in [-0.2, -0.15) is 0 Å². The predicted molar refractivity (Wildman–Crippen MR) is 116 cm³/mol. The van der Waals surface area contributed by atoms with E-state index in [0.717, 1.165) is 28.2 Å². The zero-order chi connectivity index (χ0) is 19.0. The topological polar surface area (TPSA) is 45.1 Å². The van der Waals surface area contributed by atoms with Crippen LogP contribution in [-0.4, -0.2) is 16.3 Å². The second kappa shape index (κ2) is 7.04. The van der Waals surface area contributed by atoms with E-state index in [1.54, 1.807) is 11.3 Å². The normalized spacial score (nSPS) is 16.2. The lowest BCUT2D eigenvalue weighted by molar-refractivity contribution is 0.108. The highest BCUT2D eigenvalue weighted by atomic mass is 32.1. The molecule has 0 bridgehead atoms. The summed E-state index contributed by atoms with van der Waals surface area (Å²) in [7, 11) is 0. The van der Waals surface area contributed by atoms with E-state index in [2.05, 4.69) is 64.9 Å². The first-order valence-electron chi connectivity index (χ1n) is 9.66. The molecule has 28 heavy (non-hydrogen) atoms. The van der Waals surface area contributed by atoms with E-state index in [-0.39, 0.29) is 11.3 Å². The largest absolute Gasteiger partial charge is 0.373 e. The molecule has 1 aliphatic carbocycles. The van der Waals surface area contributed by atoms with Gasteiger partial charge in [0.25, 0.3) is 0 Å². The van der Waals surface area contributed by atoms with Crippen molar-refractivity contribution in [3.63, 3.8) is 0 Å². The monoisotopic (exact) mass is 386 g/mol. The molecule has 0 aliphatic heterocycles. The number of nitrogens with one attached hydrogen (secondary N) is 1. The van der Waals surface area contributed by atoms with Crippen LogP contribution in [0, 0.1) is 5.41 Å². The number of hydrogen-bond donors (Lipinski definition) is 2. The van der Waals surface area contributed by atoms with Crippen molar-refractivity contribution in [1.82, 2.24) is 4.98 Å². The van der Waals surface area contributed by atoms with Gasteiger partial charge in [0, 0.05) is 11.3 Å². The van der Waals surface area contributed by atoms with Gasteiger partial charge in [-0.25, -0.2) is 4.98 Å². The fraction of sp³-hybridized carbons (Fsp3) is 0.208. The predicted octanol–water partition coefficient (Wildman–Crippen LogP) is 5.64. The molecular formula is C24H22N2OS. The minimum Gasteiger partial charge on any atom is -0.373 e.